The molecule has 0 saturated carbocycles. The predicted molar refractivity (Wildman–Crippen MR) is 47.2 cm³/mol. The molecular weight excluding hydrogens is 140 g/mol. The molecule has 1 rings (SSSR count). The molecule has 0 amide bonds. The van der Waals surface area contributed by atoms with Gasteiger partial charge in [0.2, 0.25) is 0 Å². The molecule has 1 heteroatoms. The fourth-order valence-electron chi connectivity index (χ4n) is 0.589. The molecular formula is C9H10S. The molecule has 0 bridgehead atoms. The highest BCUT2D eigenvalue weighted by Crippen LogP contribution is 2.09. The minimum absolute atomic E-state index is 1.22. The van der Waals surface area contributed by atoms with Crippen LogP contribution in [0.2, 0.25) is 0 Å². The van der Waals surface area contributed by atoms with E-state index in [0.29, 0.717) is 0 Å². The summed E-state index contributed by atoms with van der Waals surface area (Å²) in [6, 6.07) is 4.13. The van der Waals surface area contributed by atoms with Crippen molar-refractivity contribution in [2.45, 2.75) is 13.8 Å². The van der Waals surface area contributed by atoms with Gasteiger partial charge < -0.3 is 0 Å². The van der Waals surface area contributed by atoms with Crippen LogP contribution in [0.4, 0.5) is 0 Å². The first-order valence-corrected chi connectivity index (χ1v) is 4.10. The molecule has 10 heavy (non-hydrogen) atoms. The highest BCUT2D eigenvalue weighted by atomic mass is 32.1. The Labute approximate surface area is 65.5 Å². The van der Waals surface area contributed by atoms with E-state index in [2.05, 4.69) is 17.2 Å². The number of allylic oxidation sites excluding steroid dienone is 1. The van der Waals surface area contributed by atoms with Gasteiger partial charge in [0.05, 0.1) is 0 Å². The lowest BCUT2D eigenvalue weighted by molar-refractivity contribution is 1.41. The lowest BCUT2D eigenvalue weighted by atomic mass is 10.3. The Bertz CT molecular complexity index is 244. The van der Waals surface area contributed by atoms with Crippen molar-refractivity contribution in [1.82, 2.24) is 0 Å². The number of rotatable bonds is 1. The first kappa shape index (κ1) is 7.33. The normalized spacial score (nSPS) is 8.60. The van der Waals surface area contributed by atoms with Gasteiger partial charge in [0.25, 0.3) is 0 Å². The van der Waals surface area contributed by atoms with Crippen LogP contribution in [0.1, 0.15) is 18.7 Å². The van der Waals surface area contributed by atoms with Gasteiger partial charge in [-0.25, -0.2) is 0 Å². The molecule has 0 saturated heterocycles. The van der Waals surface area contributed by atoms with Gasteiger partial charge in [-0.05, 0) is 36.9 Å². The molecule has 0 aromatic carbocycles. The van der Waals surface area contributed by atoms with Crippen molar-refractivity contribution in [3.05, 3.63) is 33.7 Å². The Morgan fingerprint density at radius 1 is 1.60 bits per heavy atom. The highest BCUT2D eigenvalue weighted by Gasteiger charge is 1.81. The summed E-state index contributed by atoms with van der Waals surface area (Å²) in [5.74, 6) is 0. The Hall–Kier alpha value is -0.780. The van der Waals surface area contributed by atoms with Crippen LogP contribution in [-0.4, -0.2) is 0 Å². The molecule has 1 aromatic rings. The van der Waals surface area contributed by atoms with Crippen LogP contribution in [0.5, 0.6) is 0 Å². The van der Waals surface area contributed by atoms with Gasteiger partial charge in [0.1, 0.15) is 0 Å². The zero-order valence-electron chi connectivity index (χ0n) is 6.22. The second-order valence-corrected chi connectivity index (χ2v) is 3.28. The van der Waals surface area contributed by atoms with Crippen molar-refractivity contribution < 1.29 is 0 Å². The van der Waals surface area contributed by atoms with E-state index >= 15 is 0 Å². The maximum Gasteiger partial charge on any atom is 0.0347 e. The van der Waals surface area contributed by atoms with Crippen LogP contribution in [0.3, 0.4) is 0 Å². The molecule has 52 valence electrons. The zero-order chi connectivity index (χ0) is 7.40. The number of thiophene rings is 1. The fourth-order valence-corrected chi connectivity index (χ4v) is 1.19. The molecule has 0 N–H and O–H groups in total. The van der Waals surface area contributed by atoms with Gasteiger partial charge >= 0.3 is 0 Å². The van der Waals surface area contributed by atoms with Crippen LogP contribution in [0, 0.1) is 0 Å². The average molecular weight is 150 g/mol. The van der Waals surface area contributed by atoms with Crippen molar-refractivity contribution >= 4 is 17.4 Å². The smallest absolute Gasteiger partial charge is 0.0347 e. The van der Waals surface area contributed by atoms with Gasteiger partial charge in [-0.3, -0.25) is 0 Å². The number of hydrogen-bond donors (Lipinski definition) is 0. The summed E-state index contributed by atoms with van der Waals surface area (Å²) < 4.78 is 0. The lowest BCUT2D eigenvalue weighted by Crippen LogP contribution is -1.55. The SMILES string of the molecule is CC(C)=C=Cc1cccs1. The van der Waals surface area contributed by atoms with Crippen LogP contribution < -0.4 is 0 Å². The van der Waals surface area contributed by atoms with Gasteiger partial charge in [-0.2, -0.15) is 0 Å². The van der Waals surface area contributed by atoms with Gasteiger partial charge in [0, 0.05) is 4.88 Å². The van der Waals surface area contributed by atoms with E-state index in [9.17, 15) is 0 Å². The third-order valence-electron chi connectivity index (χ3n) is 1.05. The molecule has 0 spiro atoms. The summed E-state index contributed by atoms with van der Waals surface area (Å²) in [7, 11) is 0. The van der Waals surface area contributed by atoms with E-state index < -0.39 is 0 Å². The summed E-state index contributed by atoms with van der Waals surface area (Å²) in [6.07, 6.45) is 2.01. The summed E-state index contributed by atoms with van der Waals surface area (Å²) in [4.78, 5) is 1.27. The minimum atomic E-state index is 1.22. The van der Waals surface area contributed by atoms with Crippen molar-refractivity contribution in [3.63, 3.8) is 0 Å². The van der Waals surface area contributed by atoms with Crippen molar-refractivity contribution in [2.24, 2.45) is 0 Å². The van der Waals surface area contributed by atoms with E-state index in [1.54, 1.807) is 11.3 Å². The van der Waals surface area contributed by atoms with Gasteiger partial charge in [0.15, 0.2) is 0 Å². The van der Waals surface area contributed by atoms with E-state index in [1.165, 1.54) is 10.5 Å². The first-order chi connectivity index (χ1) is 4.79. The predicted octanol–water partition coefficient (Wildman–Crippen LogP) is 3.33. The molecule has 0 aliphatic carbocycles. The second kappa shape index (κ2) is 3.40. The van der Waals surface area contributed by atoms with Crippen LogP contribution in [-0.2, 0) is 0 Å². The first-order valence-electron chi connectivity index (χ1n) is 3.22. The molecule has 0 unspecified atom stereocenters. The topological polar surface area (TPSA) is 0 Å². The largest absolute Gasteiger partial charge is 0.144 e. The summed E-state index contributed by atoms with van der Waals surface area (Å²) in [5.41, 5.74) is 4.37. The van der Waals surface area contributed by atoms with Gasteiger partial charge in [-0.15, -0.1) is 17.1 Å². The van der Waals surface area contributed by atoms with Crippen LogP contribution in [0.25, 0.3) is 6.08 Å². The summed E-state index contributed by atoms with van der Waals surface area (Å²) in [5, 5.41) is 2.07. The third-order valence-corrected chi connectivity index (χ3v) is 1.87. The molecule has 0 aliphatic heterocycles. The van der Waals surface area contributed by atoms with E-state index in [4.69, 9.17) is 0 Å². The Balaban J connectivity index is 2.83. The van der Waals surface area contributed by atoms with Crippen molar-refractivity contribution in [3.8, 4) is 0 Å². The fraction of sp³-hybridized carbons (Fsp3) is 0.222. The minimum Gasteiger partial charge on any atom is -0.144 e. The van der Waals surface area contributed by atoms with Crippen molar-refractivity contribution in [1.29, 1.82) is 0 Å². The monoisotopic (exact) mass is 150 g/mol. The van der Waals surface area contributed by atoms with Crippen LogP contribution in [0.15, 0.2) is 28.8 Å². The Morgan fingerprint density at radius 3 is 2.90 bits per heavy atom. The van der Waals surface area contributed by atoms with Crippen molar-refractivity contribution in [2.75, 3.05) is 0 Å². The zero-order valence-corrected chi connectivity index (χ0v) is 7.03. The van der Waals surface area contributed by atoms with Crippen LogP contribution >= 0.6 is 11.3 Å². The van der Waals surface area contributed by atoms with E-state index in [1.807, 2.05) is 26.0 Å². The quantitative estimate of drug-likeness (QED) is 0.539. The molecule has 0 aliphatic rings. The van der Waals surface area contributed by atoms with E-state index in [-0.39, 0.29) is 0 Å². The molecule has 1 heterocycles. The molecule has 0 fully saturated rings. The Kier molecular flexibility index (Phi) is 2.49. The molecule has 0 radical (unpaired) electrons. The van der Waals surface area contributed by atoms with E-state index in [0.717, 1.165) is 0 Å². The third kappa shape index (κ3) is 2.22. The summed E-state index contributed by atoms with van der Waals surface area (Å²) >= 11 is 1.73. The molecule has 0 atom stereocenters. The maximum absolute atomic E-state index is 3.15. The average Bonchev–Trinajstić information content (AvgIpc) is 2.34. The molecule has 1 aromatic heterocycles. The number of hydrogen-bond acceptors (Lipinski definition) is 1. The maximum atomic E-state index is 3.15. The molecule has 0 nitrogen and oxygen atoms in total. The second-order valence-electron chi connectivity index (χ2n) is 2.30. The lowest BCUT2D eigenvalue weighted by Gasteiger charge is -1.77. The van der Waals surface area contributed by atoms with Gasteiger partial charge in [-0.1, -0.05) is 6.07 Å². The standard InChI is InChI=1S/C9H10S/c1-8(2)5-6-9-4-3-7-10-9/h3-4,6-7H,1-2H3. The highest BCUT2D eigenvalue weighted by molar-refractivity contribution is 7.10. The Morgan fingerprint density at radius 2 is 2.40 bits per heavy atom. The summed E-state index contributed by atoms with van der Waals surface area (Å²) in [6.45, 7) is 4.09.